The zero-order valence-electron chi connectivity index (χ0n) is 10.5. The van der Waals surface area contributed by atoms with Gasteiger partial charge < -0.3 is 10.1 Å². The molecule has 2 nitrogen and oxygen atoms in total. The Morgan fingerprint density at radius 1 is 1.24 bits per heavy atom. The predicted molar refractivity (Wildman–Crippen MR) is 74.3 cm³/mol. The van der Waals surface area contributed by atoms with Gasteiger partial charge in [-0.05, 0) is 24.6 Å². The Bertz CT molecular complexity index is 363. The third kappa shape index (κ3) is 3.77. The third-order valence-corrected chi connectivity index (χ3v) is 3.30. The lowest BCUT2D eigenvalue weighted by Crippen LogP contribution is -2.21. The Morgan fingerprint density at radius 3 is 2.47 bits per heavy atom. The molecule has 0 radical (unpaired) electrons. The van der Waals surface area contributed by atoms with Gasteiger partial charge in [0.1, 0.15) is 5.75 Å². The van der Waals surface area contributed by atoms with Gasteiger partial charge in [0.2, 0.25) is 0 Å². The molecule has 0 bridgehead atoms. The lowest BCUT2D eigenvalue weighted by atomic mass is 10.0. The molecule has 1 N–H and O–H groups in total. The summed E-state index contributed by atoms with van der Waals surface area (Å²) >= 11 is 12.4. The quantitative estimate of drug-likeness (QED) is 0.828. The van der Waals surface area contributed by atoms with E-state index >= 15 is 0 Å². The Kier molecular flexibility index (Phi) is 6.10. The highest BCUT2D eigenvalue weighted by atomic mass is 35.5. The molecule has 0 aliphatic rings. The molecule has 96 valence electrons. The summed E-state index contributed by atoms with van der Waals surface area (Å²) in [5.41, 5.74) is 1.04. The fourth-order valence-corrected chi connectivity index (χ4v) is 2.40. The zero-order chi connectivity index (χ0) is 12.8. The van der Waals surface area contributed by atoms with Crippen LogP contribution in [-0.4, -0.2) is 13.7 Å². The van der Waals surface area contributed by atoms with E-state index in [4.69, 9.17) is 27.9 Å². The maximum Gasteiger partial charge on any atom is 0.138 e. The Balaban J connectivity index is 3.05. The highest BCUT2D eigenvalue weighted by Gasteiger charge is 2.15. The minimum atomic E-state index is 0.251. The van der Waals surface area contributed by atoms with Crippen molar-refractivity contribution in [3.63, 3.8) is 0 Å². The van der Waals surface area contributed by atoms with E-state index in [0.717, 1.165) is 24.9 Å². The number of hydrogen-bond acceptors (Lipinski definition) is 2. The fraction of sp³-hybridized carbons (Fsp3) is 0.538. The van der Waals surface area contributed by atoms with E-state index in [1.807, 2.05) is 6.07 Å². The minimum absolute atomic E-state index is 0.251. The van der Waals surface area contributed by atoms with Crippen LogP contribution in [0.3, 0.4) is 0 Å². The largest absolute Gasteiger partial charge is 0.495 e. The molecular weight excluding hydrogens is 257 g/mol. The van der Waals surface area contributed by atoms with Crippen molar-refractivity contribution in [2.45, 2.75) is 32.7 Å². The number of nitrogens with one attached hydrogen (secondary N) is 1. The zero-order valence-corrected chi connectivity index (χ0v) is 12.0. The van der Waals surface area contributed by atoms with Crippen LogP contribution < -0.4 is 10.1 Å². The number of hydrogen-bond donors (Lipinski definition) is 1. The molecule has 0 fully saturated rings. The van der Waals surface area contributed by atoms with Crippen molar-refractivity contribution in [2.75, 3.05) is 13.7 Å². The molecule has 0 heterocycles. The van der Waals surface area contributed by atoms with E-state index in [1.54, 1.807) is 13.2 Å². The molecule has 1 aromatic carbocycles. The minimum Gasteiger partial charge on any atom is -0.495 e. The van der Waals surface area contributed by atoms with Gasteiger partial charge in [0.15, 0.2) is 0 Å². The first-order valence-corrected chi connectivity index (χ1v) is 6.65. The number of ether oxygens (including phenoxy) is 1. The molecule has 0 saturated carbocycles. The fourth-order valence-electron chi connectivity index (χ4n) is 1.87. The summed E-state index contributed by atoms with van der Waals surface area (Å²) in [4.78, 5) is 0. The molecular formula is C13H19Cl2NO. The van der Waals surface area contributed by atoms with Crippen LogP contribution in [0, 0.1) is 0 Å². The number of benzene rings is 1. The second-order valence-corrected chi connectivity index (χ2v) is 4.72. The third-order valence-electron chi connectivity index (χ3n) is 2.67. The molecule has 0 aromatic heterocycles. The van der Waals surface area contributed by atoms with Gasteiger partial charge in [0, 0.05) is 17.1 Å². The van der Waals surface area contributed by atoms with Gasteiger partial charge in [-0.25, -0.2) is 0 Å². The van der Waals surface area contributed by atoms with Crippen molar-refractivity contribution in [3.05, 3.63) is 27.7 Å². The van der Waals surface area contributed by atoms with Crippen LogP contribution in [0.1, 0.15) is 38.3 Å². The van der Waals surface area contributed by atoms with E-state index in [-0.39, 0.29) is 6.04 Å². The molecule has 17 heavy (non-hydrogen) atoms. The number of methoxy groups -OCH3 is 1. The van der Waals surface area contributed by atoms with Crippen molar-refractivity contribution >= 4 is 23.2 Å². The first-order valence-electron chi connectivity index (χ1n) is 5.90. The summed E-state index contributed by atoms with van der Waals surface area (Å²) in [5, 5.41) is 4.72. The van der Waals surface area contributed by atoms with Gasteiger partial charge in [0.25, 0.3) is 0 Å². The number of rotatable bonds is 6. The van der Waals surface area contributed by atoms with Gasteiger partial charge in [-0.2, -0.15) is 0 Å². The topological polar surface area (TPSA) is 21.3 Å². The highest BCUT2D eigenvalue weighted by Crippen LogP contribution is 2.35. The normalized spacial score (nSPS) is 12.5. The van der Waals surface area contributed by atoms with Crippen LogP contribution in [0.25, 0.3) is 0 Å². The van der Waals surface area contributed by atoms with Crippen LogP contribution in [0.5, 0.6) is 5.75 Å². The van der Waals surface area contributed by atoms with E-state index in [1.165, 1.54) is 0 Å². The molecule has 1 unspecified atom stereocenters. The van der Waals surface area contributed by atoms with Crippen LogP contribution in [0.2, 0.25) is 10.0 Å². The first kappa shape index (κ1) is 14.6. The number of halogens is 2. The summed E-state index contributed by atoms with van der Waals surface area (Å²) in [5.74, 6) is 0.618. The average Bonchev–Trinajstić information content (AvgIpc) is 2.31. The molecule has 0 spiro atoms. The Labute approximate surface area is 113 Å². The monoisotopic (exact) mass is 275 g/mol. The molecule has 0 aliphatic heterocycles. The van der Waals surface area contributed by atoms with Crippen molar-refractivity contribution in [2.24, 2.45) is 0 Å². The van der Waals surface area contributed by atoms with Crippen molar-refractivity contribution in [1.82, 2.24) is 5.32 Å². The van der Waals surface area contributed by atoms with Crippen LogP contribution in [-0.2, 0) is 0 Å². The SMILES string of the molecule is CCCC(NCC)c1cc(Cl)c(OC)cc1Cl. The maximum atomic E-state index is 6.27. The molecule has 0 amide bonds. The van der Waals surface area contributed by atoms with Gasteiger partial charge in [-0.1, -0.05) is 43.5 Å². The van der Waals surface area contributed by atoms with E-state index < -0.39 is 0 Å². The second-order valence-electron chi connectivity index (χ2n) is 3.91. The first-order chi connectivity index (χ1) is 8.13. The van der Waals surface area contributed by atoms with Crippen molar-refractivity contribution in [3.8, 4) is 5.75 Å². The molecule has 1 atom stereocenters. The molecule has 0 saturated heterocycles. The van der Waals surface area contributed by atoms with Gasteiger partial charge in [0.05, 0.1) is 12.1 Å². The lowest BCUT2D eigenvalue weighted by molar-refractivity contribution is 0.414. The molecule has 0 aliphatic carbocycles. The summed E-state index contributed by atoms with van der Waals surface area (Å²) < 4.78 is 5.14. The molecule has 4 heteroatoms. The van der Waals surface area contributed by atoms with Gasteiger partial charge in [-0.15, -0.1) is 0 Å². The second kappa shape index (κ2) is 7.10. The van der Waals surface area contributed by atoms with Crippen LogP contribution in [0.15, 0.2) is 12.1 Å². The summed E-state index contributed by atoms with van der Waals surface area (Å²) in [6, 6.07) is 3.92. The van der Waals surface area contributed by atoms with Gasteiger partial charge >= 0.3 is 0 Å². The average molecular weight is 276 g/mol. The molecule has 1 rings (SSSR count). The predicted octanol–water partition coefficient (Wildman–Crippen LogP) is 4.45. The van der Waals surface area contributed by atoms with Crippen molar-refractivity contribution in [1.29, 1.82) is 0 Å². The van der Waals surface area contributed by atoms with Crippen molar-refractivity contribution < 1.29 is 4.74 Å². The summed E-state index contributed by atoms with van der Waals surface area (Å²) in [6.07, 6.45) is 2.13. The van der Waals surface area contributed by atoms with E-state index in [0.29, 0.717) is 15.8 Å². The van der Waals surface area contributed by atoms with E-state index in [2.05, 4.69) is 19.2 Å². The standard InChI is InChI=1S/C13H19Cl2NO/c1-4-6-12(16-5-2)9-7-11(15)13(17-3)8-10(9)14/h7-8,12,16H,4-6H2,1-3H3. The van der Waals surface area contributed by atoms with Crippen LogP contribution in [0.4, 0.5) is 0 Å². The van der Waals surface area contributed by atoms with Gasteiger partial charge in [-0.3, -0.25) is 0 Å². The maximum absolute atomic E-state index is 6.27. The summed E-state index contributed by atoms with van der Waals surface area (Å²) in [7, 11) is 1.59. The van der Waals surface area contributed by atoms with Crippen LogP contribution >= 0.6 is 23.2 Å². The highest BCUT2D eigenvalue weighted by molar-refractivity contribution is 6.34. The molecule has 1 aromatic rings. The smallest absolute Gasteiger partial charge is 0.138 e. The Morgan fingerprint density at radius 2 is 1.94 bits per heavy atom. The summed E-state index contributed by atoms with van der Waals surface area (Å²) in [6.45, 7) is 5.15. The van der Waals surface area contributed by atoms with E-state index in [9.17, 15) is 0 Å². The Hall–Kier alpha value is -0.440. The lowest BCUT2D eigenvalue weighted by Gasteiger charge is -2.20.